The minimum absolute atomic E-state index is 0.358. The molecule has 0 spiro atoms. The molecule has 2 N–H and O–H groups in total. The van der Waals surface area contributed by atoms with Crippen molar-refractivity contribution < 1.29 is 5.11 Å². The number of phenolic OH excluding ortho intramolecular Hbond substituents is 1. The van der Waals surface area contributed by atoms with Crippen LogP contribution in [0.25, 0.3) is 0 Å². The Kier molecular flexibility index (Phi) is 5.32. The third-order valence-corrected chi connectivity index (χ3v) is 4.06. The third-order valence-electron chi connectivity index (χ3n) is 4.06. The highest BCUT2D eigenvalue weighted by Crippen LogP contribution is 2.21. The van der Waals surface area contributed by atoms with E-state index >= 15 is 0 Å². The number of nitrogens with zero attached hydrogens (tertiary/aromatic N) is 1. The van der Waals surface area contributed by atoms with Crippen LogP contribution in [0, 0.1) is 6.92 Å². The molecule has 0 unspecified atom stereocenters. The second kappa shape index (κ2) is 7.21. The Morgan fingerprint density at radius 3 is 2.90 bits per heavy atom. The number of hydrogen-bond acceptors (Lipinski definition) is 3. The second-order valence-corrected chi connectivity index (χ2v) is 5.77. The molecular weight excluding hydrogens is 260 g/mol. The highest BCUT2D eigenvalue weighted by molar-refractivity contribution is 5.35. The molecule has 0 saturated carbocycles. The standard InChI is InChI=1S/C18H26N2O/c1-14-13-17(8-9-18(14)21)10-11-19-16(3)20-12-6-4-5-7-15(20)2/h8-9,13,19,21H,2-7,10-12H2,1H3. The number of aromatic hydroxyl groups is 1. The Bertz CT molecular complexity index is 522. The van der Waals surface area contributed by atoms with Crippen molar-refractivity contribution in [1.82, 2.24) is 10.2 Å². The average Bonchev–Trinajstić information content (AvgIpc) is 2.67. The molecule has 1 aliphatic heterocycles. The smallest absolute Gasteiger partial charge is 0.118 e. The molecule has 0 radical (unpaired) electrons. The molecule has 1 aromatic carbocycles. The van der Waals surface area contributed by atoms with E-state index in [1.54, 1.807) is 6.07 Å². The van der Waals surface area contributed by atoms with Gasteiger partial charge < -0.3 is 15.3 Å². The summed E-state index contributed by atoms with van der Waals surface area (Å²) in [7, 11) is 0. The Morgan fingerprint density at radius 2 is 2.14 bits per heavy atom. The molecule has 1 aliphatic rings. The van der Waals surface area contributed by atoms with Crippen LogP contribution in [0.4, 0.5) is 0 Å². The second-order valence-electron chi connectivity index (χ2n) is 5.77. The zero-order chi connectivity index (χ0) is 15.2. The summed E-state index contributed by atoms with van der Waals surface area (Å²) in [6, 6.07) is 5.76. The fourth-order valence-corrected chi connectivity index (χ4v) is 2.71. The van der Waals surface area contributed by atoms with Gasteiger partial charge in [-0.25, -0.2) is 0 Å². The predicted molar refractivity (Wildman–Crippen MR) is 88.0 cm³/mol. The Hall–Kier alpha value is -1.90. The van der Waals surface area contributed by atoms with Crippen LogP contribution in [0.1, 0.15) is 36.8 Å². The van der Waals surface area contributed by atoms with E-state index in [-0.39, 0.29) is 0 Å². The van der Waals surface area contributed by atoms with Crippen molar-refractivity contribution in [2.24, 2.45) is 0 Å². The summed E-state index contributed by atoms with van der Waals surface area (Å²) in [5.74, 6) is 1.31. The predicted octanol–water partition coefficient (Wildman–Crippen LogP) is 3.69. The molecule has 114 valence electrons. The first-order valence-corrected chi connectivity index (χ1v) is 7.74. The number of phenols is 1. The number of allylic oxidation sites excluding steroid dienone is 1. The summed E-state index contributed by atoms with van der Waals surface area (Å²) < 4.78 is 0. The van der Waals surface area contributed by atoms with E-state index < -0.39 is 0 Å². The Balaban J connectivity index is 1.83. The lowest BCUT2D eigenvalue weighted by atomic mass is 10.1. The highest BCUT2D eigenvalue weighted by Gasteiger charge is 2.14. The van der Waals surface area contributed by atoms with Crippen LogP contribution in [-0.4, -0.2) is 23.1 Å². The van der Waals surface area contributed by atoms with Crippen molar-refractivity contribution >= 4 is 0 Å². The molecule has 0 aliphatic carbocycles. The van der Waals surface area contributed by atoms with E-state index in [0.717, 1.165) is 37.3 Å². The van der Waals surface area contributed by atoms with Gasteiger partial charge in [-0.3, -0.25) is 0 Å². The summed E-state index contributed by atoms with van der Waals surface area (Å²) in [5.41, 5.74) is 3.32. The van der Waals surface area contributed by atoms with E-state index in [9.17, 15) is 5.11 Å². The Labute approximate surface area is 128 Å². The molecule has 0 amide bonds. The van der Waals surface area contributed by atoms with Crippen LogP contribution in [-0.2, 0) is 6.42 Å². The van der Waals surface area contributed by atoms with Gasteiger partial charge in [0.25, 0.3) is 0 Å². The quantitative estimate of drug-likeness (QED) is 0.866. The average molecular weight is 286 g/mol. The lowest BCUT2D eigenvalue weighted by molar-refractivity contribution is 0.396. The first kappa shape index (κ1) is 15.5. The van der Waals surface area contributed by atoms with Crippen LogP contribution in [0.15, 0.2) is 42.9 Å². The van der Waals surface area contributed by atoms with Gasteiger partial charge in [0.2, 0.25) is 0 Å². The molecule has 0 atom stereocenters. The van der Waals surface area contributed by atoms with E-state index in [0.29, 0.717) is 5.75 Å². The SMILES string of the molecule is C=C1CCCCCN1C(=C)NCCc1ccc(O)c(C)c1. The first-order chi connectivity index (χ1) is 10.1. The summed E-state index contributed by atoms with van der Waals surface area (Å²) in [6.07, 6.45) is 5.69. The summed E-state index contributed by atoms with van der Waals surface area (Å²) in [4.78, 5) is 2.22. The van der Waals surface area contributed by atoms with Gasteiger partial charge >= 0.3 is 0 Å². The first-order valence-electron chi connectivity index (χ1n) is 7.74. The highest BCUT2D eigenvalue weighted by atomic mass is 16.3. The van der Waals surface area contributed by atoms with Gasteiger partial charge in [-0.1, -0.05) is 31.7 Å². The molecule has 21 heavy (non-hydrogen) atoms. The van der Waals surface area contributed by atoms with Gasteiger partial charge in [-0.05, 0) is 49.8 Å². The normalized spacial score (nSPS) is 15.7. The minimum atomic E-state index is 0.358. The van der Waals surface area contributed by atoms with Gasteiger partial charge in [0, 0.05) is 18.8 Å². The van der Waals surface area contributed by atoms with Gasteiger partial charge in [-0.15, -0.1) is 0 Å². The summed E-state index contributed by atoms with van der Waals surface area (Å²) >= 11 is 0. The molecule has 3 heteroatoms. The number of nitrogens with one attached hydrogen (secondary N) is 1. The van der Waals surface area contributed by atoms with Crippen molar-refractivity contribution in [2.75, 3.05) is 13.1 Å². The molecule has 0 aromatic heterocycles. The van der Waals surface area contributed by atoms with E-state index in [4.69, 9.17) is 0 Å². The van der Waals surface area contributed by atoms with Crippen molar-refractivity contribution in [3.8, 4) is 5.75 Å². The lowest BCUT2D eigenvalue weighted by Gasteiger charge is -2.27. The molecule has 3 nitrogen and oxygen atoms in total. The van der Waals surface area contributed by atoms with Crippen LogP contribution in [0.5, 0.6) is 5.75 Å². The fourth-order valence-electron chi connectivity index (χ4n) is 2.71. The number of likely N-dealkylation sites (tertiary alicyclic amines) is 1. The number of hydrogen-bond donors (Lipinski definition) is 2. The molecule has 1 aromatic rings. The van der Waals surface area contributed by atoms with E-state index in [2.05, 4.69) is 23.4 Å². The number of aryl methyl sites for hydroxylation is 1. The topological polar surface area (TPSA) is 35.5 Å². The largest absolute Gasteiger partial charge is 0.508 e. The van der Waals surface area contributed by atoms with Crippen LogP contribution in [0.2, 0.25) is 0 Å². The minimum Gasteiger partial charge on any atom is -0.508 e. The lowest BCUT2D eigenvalue weighted by Crippen LogP contribution is -2.31. The molecule has 2 rings (SSSR count). The van der Waals surface area contributed by atoms with Crippen LogP contribution >= 0.6 is 0 Å². The van der Waals surface area contributed by atoms with Gasteiger partial charge in [0.05, 0.1) is 5.82 Å². The monoisotopic (exact) mass is 286 g/mol. The van der Waals surface area contributed by atoms with Crippen molar-refractivity contribution in [3.63, 3.8) is 0 Å². The zero-order valence-corrected chi connectivity index (χ0v) is 13.0. The van der Waals surface area contributed by atoms with Crippen LogP contribution < -0.4 is 5.32 Å². The number of rotatable bonds is 5. The molecular formula is C18H26N2O. The summed E-state index contributed by atoms with van der Waals surface area (Å²) in [6.45, 7) is 12.1. The maximum atomic E-state index is 9.54. The number of benzene rings is 1. The maximum absolute atomic E-state index is 9.54. The molecule has 0 bridgehead atoms. The van der Waals surface area contributed by atoms with E-state index in [1.807, 2.05) is 19.1 Å². The maximum Gasteiger partial charge on any atom is 0.118 e. The molecule has 1 heterocycles. The summed E-state index contributed by atoms with van der Waals surface area (Å²) in [5, 5.41) is 12.9. The van der Waals surface area contributed by atoms with E-state index in [1.165, 1.54) is 30.5 Å². The molecule has 1 fully saturated rings. The van der Waals surface area contributed by atoms with Crippen LogP contribution in [0.3, 0.4) is 0 Å². The van der Waals surface area contributed by atoms with Gasteiger partial charge in [-0.2, -0.15) is 0 Å². The zero-order valence-electron chi connectivity index (χ0n) is 13.0. The van der Waals surface area contributed by atoms with Gasteiger partial charge in [0.1, 0.15) is 5.75 Å². The fraction of sp³-hybridized carbons (Fsp3) is 0.444. The van der Waals surface area contributed by atoms with Crippen molar-refractivity contribution in [3.05, 3.63) is 54.0 Å². The van der Waals surface area contributed by atoms with Crippen molar-refractivity contribution in [1.29, 1.82) is 0 Å². The van der Waals surface area contributed by atoms with Gasteiger partial charge in [0.15, 0.2) is 0 Å². The molecule has 1 saturated heterocycles. The third kappa shape index (κ3) is 4.28. The van der Waals surface area contributed by atoms with Crippen molar-refractivity contribution in [2.45, 2.75) is 39.0 Å². The Morgan fingerprint density at radius 1 is 1.33 bits per heavy atom.